The van der Waals surface area contributed by atoms with Gasteiger partial charge in [0.05, 0.1) is 6.10 Å². The van der Waals surface area contributed by atoms with Gasteiger partial charge < -0.3 is 9.67 Å². The Balaban J connectivity index is 1.91. The number of nitrogens with zero attached hydrogens (tertiary/aromatic N) is 3. The minimum absolute atomic E-state index is 0.180. The molecule has 3 aromatic rings. The van der Waals surface area contributed by atoms with E-state index in [2.05, 4.69) is 22.3 Å². The first-order valence-corrected chi connectivity index (χ1v) is 8.94. The van der Waals surface area contributed by atoms with Crippen molar-refractivity contribution >= 4 is 11.6 Å². The van der Waals surface area contributed by atoms with Gasteiger partial charge in [0, 0.05) is 23.6 Å². The molecule has 1 N–H and O–H groups in total. The van der Waals surface area contributed by atoms with Crippen molar-refractivity contribution in [1.82, 2.24) is 14.8 Å². The lowest BCUT2D eigenvalue weighted by Crippen LogP contribution is -2.12. The third-order valence-electron chi connectivity index (χ3n) is 5.06. The van der Waals surface area contributed by atoms with Gasteiger partial charge in [-0.3, -0.25) is 0 Å². The summed E-state index contributed by atoms with van der Waals surface area (Å²) >= 11 is 6.27. The Morgan fingerprint density at radius 1 is 1.08 bits per heavy atom. The lowest BCUT2D eigenvalue weighted by Gasteiger charge is -2.20. The van der Waals surface area contributed by atoms with Gasteiger partial charge in [-0.25, -0.2) is 0 Å². The molecule has 0 aliphatic heterocycles. The summed E-state index contributed by atoms with van der Waals surface area (Å²) in [6.07, 6.45) is 4.37. The lowest BCUT2D eigenvalue weighted by molar-refractivity contribution is 0.164. The van der Waals surface area contributed by atoms with Crippen molar-refractivity contribution in [3.63, 3.8) is 0 Å². The first kappa shape index (κ1) is 16.3. The topological polar surface area (TPSA) is 50.9 Å². The Morgan fingerprint density at radius 2 is 1.92 bits per heavy atom. The van der Waals surface area contributed by atoms with Crippen molar-refractivity contribution in [2.24, 2.45) is 7.05 Å². The van der Waals surface area contributed by atoms with Gasteiger partial charge in [0.15, 0.2) is 5.82 Å². The van der Waals surface area contributed by atoms with Gasteiger partial charge in [-0.15, -0.1) is 10.2 Å². The van der Waals surface area contributed by atoms with Crippen molar-refractivity contribution < 1.29 is 5.11 Å². The molecular weight excluding hydrogens is 334 g/mol. The van der Waals surface area contributed by atoms with Crippen molar-refractivity contribution in [3.05, 3.63) is 59.4 Å². The number of aliphatic hydroxyl groups excluding tert-OH is 1. The number of hydrogen-bond acceptors (Lipinski definition) is 3. The summed E-state index contributed by atoms with van der Waals surface area (Å²) in [6, 6.07) is 14.2. The maximum atomic E-state index is 10.4. The summed E-state index contributed by atoms with van der Waals surface area (Å²) in [6.45, 7) is 0. The van der Waals surface area contributed by atoms with Crippen molar-refractivity contribution in [1.29, 1.82) is 0 Å². The molecule has 4 nitrogen and oxygen atoms in total. The third kappa shape index (κ3) is 2.96. The van der Waals surface area contributed by atoms with Crippen molar-refractivity contribution in [2.75, 3.05) is 0 Å². The maximum absolute atomic E-state index is 10.4. The Bertz CT molecular complexity index is 905. The smallest absolute Gasteiger partial charge is 0.164 e. The normalized spacial score (nSPS) is 20.1. The second-order valence-electron chi connectivity index (χ2n) is 6.65. The maximum Gasteiger partial charge on any atom is 0.164 e. The molecule has 1 aromatic heterocycles. The van der Waals surface area contributed by atoms with Gasteiger partial charge >= 0.3 is 0 Å². The number of rotatable bonds is 3. The van der Waals surface area contributed by atoms with Crippen LogP contribution in [0.5, 0.6) is 0 Å². The van der Waals surface area contributed by atoms with Gasteiger partial charge in [-0.05, 0) is 41.7 Å². The molecule has 25 heavy (non-hydrogen) atoms. The first-order valence-electron chi connectivity index (χ1n) is 8.56. The van der Waals surface area contributed by atoms with Gasteiger partial charge in [-0.2, -0.15) is 0 Å². The molecule has 2 aromatic carbocycles. The number of halogens is 1. The predicted octanol–water partition coefficient (Wildman–Crippen LogP) is 4.43. The summed E-state index contributed by atoms with van der Waals surface area (Å²) in [7, 11) is 1.92. The molecule has 5 heteroatoms. The molecule has 0 spiro atoms. The molecule has 128 valence electrons. The molecule has 0 radical (unpaired) electrons. The van der Waals surface area contributed by atoms with Crippen molar-refractivity contribution in [2.45, 2.75) is 31.3 Å². The number of hydrogen-bond donors (Lipinski definition) is 1. The highest BCUT2D eigenvalue weighted by Gasteiger charge is 2.29. The van der Waals surface area contributed by atoms with E-state index in [0.29, 0.717) is 5.02 Å². The van der Waals surface area contributed by atoms with Crippen LogP contribution in [0.15, 0.2) is 48.8 Å². The fourth-order valence-electron chi connectivity index (χ4n) is 3.83. The fraction of sp³-hybridized carbons (Fsp3) is 0.300. The number of aromatic nitrogens is 3. The zero-order valence-electron chi connectivity index (χ0n) is 14.1. The number of aryl methyl sites for hydroxylation is 1. The molecule has 4 rings (SSSR count). The molecule has 1 aliphatic carbocycles. The van der Waals surface area contributed by atoms with Crippen molar-refractivity contribution in [3.8, 4) is 22.5 Å². The van der Waals surface area contributed by atoms with Crippen LogP contribution in [0, 0.1) is 0 Å². The van der Waals surface area contributed by atoms with Crippen LogP contribution in [0.1, 0.15) is 30.7 Å². The Labute approximate surface area is 152 Å². The van der Waals surface area contributed by atoms with E-state index < -0.39 is 0 Å². The average Bonchev–Trinajstić information content (AvgIpc) is 3.23. The van der Waals surface area contributed by atoms with E-state index in [1.54, 1.807) is 6.33 Å². The third-order valence-corrected chi connectivity index (χ3v) is 5.30. The Hall–Kier alpha value is -2.17. The minimum atomic E-state index is -0.272. The van der Waals surface area contributed by atoms with E-state index in [4.69, 9.17) is 11.6 Å². The van der Waals surface area contributed by atoms with Gasteiger partial charge in [-0.1, -0.05) is 48.4 Å². The van der Waals surface area contributed by atoms with E-state index in [1.165, 1.54) is 5.56 Å². The highest BCUT2D eigenvalue weighted by atomic mass is 35.5. The molecule has 0 saturated heterocycles. The summed E-state index contributed by atoms with van der Waals surface area (Å²) in [5.41, 5.74) is 4.34. The fourth-order valence-corrected chi connectivity index (χ4v) is 4.00. The monoisotopic (exact) mass is 353 g/mol. The molecule has 1 fully saturated rings. The molecule has 1 saturated carbocycles. The summed E-state index contributed by atoms with van der Waals surface area (Å²) in [5, 5.41) is 19.3. The van der Waals surface area contributed by atoms with E-state index in [1.807, 2.05) is 41.9 Å². The largest absolute Gasteiger partial charge is 0.392 e. The van der Waals surface area contributed by atoms with Crippen LogP contribution < -0.4 is 0 Å². The predicted molar refractivity (Wildman–Crippen MR) is 99.5 cm³/mol. The van der Waals surface area contributed by atoms with Crippen LogP contribution in [-0.4, -0.2) is 26.0 Å². The zero-order chi connectivity index (χ0) is 17.4. The van der Waals surface area contributed by atoms with Crippen LogP contribution >= 0.6 is 11.6 Å². The van der Waals surface area contributed by atoms with E-state index in [-0.39, 0.29) is 12.0 Å². The van der Waals surface area contributed by atoms with Gasteiger partial charge in [0.25, 0.3) is 0 Å². The SMILES string of the molecule is Cn1cnnc1-c1cc(Cl)ccc1-c1ccccc1C1CCCC1O. The van der Waals surface area contributed by atoms with E-state index in [0.717, 1.165) is 41.8 Å². The Morgan fingerprint density at radius 3 is 2.64 bits per heavy atom. The molecule has 2 atom stereocenters. The summed E-state index contributed by atoms with van der Waals surface area (Å²) in [4.78, 5) is 0. The number of benzene rings is 2. The molecule has 1 aliphatic rings. The second kappa shape index (κ2) is 6.62. The highest BCUT2D eigenvalue weighted by molar-refractivity contribution is 6.31. The van der Waals surface area contributed by atoms with E-state index >= 15 is 0 Å². The Kier molecular flexibility index (Phi) is 4.32. The van der Waals surface area contributed by atoms with Crippen LogP contribution in [0.3, 0.4) is 0 Å². The zero-order valence-corrected chi connectivity index (χ0v) is 14.8. The summed E-state index contributed by atoms with van der Waals surface area (Å²) < 4.78 is 1.89. The van der Waals surface area contributed by atoms with Crippen LogP contribution in [0.2, 0.25) is 5.02 Å². The average molecular weight is 354 g/mol. The molecule has 1 heterocycles. The van der Waals surface area contributed by atoms with Crippen LogP contribution in [-0.2, 0) is 7.05 Å². The van der Waals surface area contributed by atoms with E-state index in [9.17, 15) is 5.11 Å². The standard InChI is InChI=1S/C20H20ClN3O/c1-24-12-22-23-20(24)18-11-13(21)9-10-16(18)14-5-2-3-6-15(14)17-7-4-8-19(17)25/h2-3,5-6,9-12,17,19,25H,4,7-8H2,1H3. The molecular formula is C20H20ClN3O. The first-order chi connectivity index (χ1) is 12.1. The molecule has 0 bridgehead atoms. The highest BCUT2D eigenvalue weighted by Crippen LogP contribution is 2.42. The summed E-state index contributed by atoms with van der Waals surface area (Å²) in [5.74, 6) is 0.957. The number of aliphatic hydroxyl groups is 1. The van der Waals surface area contributed by atoms with Crippen LogP contribution in [0.4, 0.5) is 0 Å². The van der Waals surface area contributed by atoms with Gasteiger partial charge in [0.2, 0.25) is 0 Å². The minimum Gasteiger partial charge on any atom is -0.392 e. The molecule has 0 amide bonds. The lowest BCUT2D eigenvalue weighted by atomic mass is 9.86. The quantitative estimate of drug-likeness (QED) is 0.757. The van der Waals surface area contributed by atoms with Gasteiger partial charge in [0.1, 0.15) is 6.33 Å². The van der Waals surface area contributed by atoms with Crippen LogP contribution in [0.25, 0.3) is 22.5 Å². The molecule has 2 unspecified atom stereocenters. The second-order valence-corrected chi connectivity index (χ2v) is 7.08.